The first-order chi connectivity index (χ1) is 31.9. The van der Waals surface area contributed by atoms with Gasteiger partial charge in [0.1, 0.15) is 18.1 Å². The normalized spacial score (nSPS) is 12.5. The maximum Gasteiger partial charge on any atom is 0.243 e. The molecule has 6 amide bonds. The third-order valence-electron chi connectivity index (χ3n) is 11.2. The van der Waals surface area contributed by atoms with Crippen LogP contribution in [0, 0.1) is 0 Å². The Morgan fingerprint density at radius 3 is 1.86 bits per heavy atom. The molecule has 66 heavy (non-hydrogen) atoms. The van der Waals surface area contributed by atoms with Crippen molar-refractivity contribution in [3.05, 3.63) is 54.2 Å². The number of hydrogen-bond acceptors (Lipinski definition) is 12. The lowest BCUT2D eigenvalue weighted by Gasteiger charge is -2.33. The quantitative estimate of drug-likeness (QED) is 0.0154. The Morgan fingerprint density at radius 1 is 0.682 bits per heavy atom. The molecular formula is C44H73N15O6S. The van der Waals surface area contributed by atoms with Crippen molar-refractivity contribution in [3.63, 3.8) is 0 Å². The maximum absolute atomic E-state index is 14.4. The van der Waals surface area contributed by atoms with E-state index in [-0.39, 0.29) is 107 Å². The Bertz CT molecular complexity index is 1980. The zero-order valence-electron chi connectivity index (χ0n) is 38.1. The molecule has 21 nitrogen and oxygen atoms in total. The summed E-state index contributed by atoms with van der Waals surface area (Å²) in [6.07, 6.45) is 9.74. The Labute approximate surface area is 392 Å². The molecule has 3 rings (SSSR count). The molecule has 0 radical (unpaired) electrons. The van der Waals surface area contributed by atoms with Gasteiger partial charge in [-0.25, -0.2) is 4.98 Å². The van der Waals surface area contributed by atoms with E-state index < -0.39 is 35.8 Å². The highest BCUT2D eigenvalue weighted by molar-refractivity contribution is 7.80. The highest BCUT2D eigenvalue weighted by Crippen LogP contribution is 2.22. The number of para-hydroxylation sites is 1. The Morgan fingerprint density at radius 2 is 1.27 bits per heavy atom. The van der Waals surface area contributed by atoms with Crippen molar-refractivity contribution in [2.45, 2.75) is 102 Å². The van der Waals surface area contributed by atoms with Crippen molar-refractivity contribution in [3.8, 4) is 0 Å². The lowest BCUT2D eigenvalue weighted by atomic mass is 10.0. The summed E-state index contributed by atoms with van der Waals surface area (Å²) in [7, 11) is 0. The van der Waals surface area contributed by atoms with Crippen molar-refractivity contribution < 1.29 is 28.8 Å². The first kappa shape index (κ1) is 54.6. The summed E-state index contributed by atoms with van der Waals surface area (Å²) < 4.78 is 0. The number of thiol groups is 1. The Balaban J connectivity index is 1.90. The number of hydrogen-bond donors (Lipinski definition) is 11. The monoisotopic (exact) mass is 940 g/mol. The smallest absolute Gasteiger partial charge is 0.243 e. The number of imidazole rings is 1. The number of unbranched alkanes of at least 4 members (excludes halogenated alkanes) is 4. The van der Waals surface area contributed by atoms with Gasteiger partial charge in [-0.15, -0.1) is 0 Å². The van der Waals surface area contributed by atoms with Gasteiger partial charge >= 0.3 is 0 Å². The second-order valence-electron chi connectivity index (χ2n) is 16.0. The molecule has 3 aromatic rings. The molecule has 0 fully saturated rings. The first-order valence-corrected chi connectivity index (χ1v) is 23.5. The molecule has 3 atom stereocenters. The summed E-state index contributed by atoms with van der Waals surface area (Å²) in [6, 6.07) is 4.68. The molecule has 0 saturated heterocycles. The van der Waals surface area contributed by atoms with Crippen LogP contribution >= 0.6 is 12.6 Å². The first-order valence-electron chi connectivity index (χ1n) is 22.9. The number of carbonyl (C=O) groups excluding carboxylic acids is 6. The number of nitrogens with zero attached hydrogens (tertiary/aromatic N) is 5. The lowest BCUT2D eigenvalue weighted by molar-refractivity contribution is -0.142. The van der Waals surface area contributed by atoms with Gasteiger partial charge in [-0.3, -0.25) is 33.8 Å². The van der Waals surface area contributed by atoms with Crippen molar-refractivity contribution in [1.29, 1.82) is 0 Å². The van der Waals surface area contributed by atoms with E-state index in [0.717, 1.165) is 16.5 Å². The van der Waals surface area contributed by atoms with Crippen LogP contribution in [0.1, 0.15) is 81.9 Å². The number of aliphatic imine (C=N–C) groups is 1. The fourth-order valence-corrected chi connectivity index (χ4v) is 7.98. The van der Waals surface area contributed by atoms with Crippen LogP contribution in [-0.2, 0) is 41.6 Å². The van der Waals surface area contributed by atoms with Crippen molar-refractivity contribution >= 4 is 64.9 Å². The molecule has 366 valence electrons. The molecule has 0 bridgehead atoms. The zero-order chi connectivity index (χ0) is 48.3. The van der Waals surface area contributed by atoms with Crippen LogP contribution in [-0.4, -0.2) is 154 Å². The van der Waals surface area contributed by atoms with Gasteiger partial charge < -0.3 is 69.7 Å². The van der Waals surface area contributed by atoms with E-state index in [1.54, 1.807) is 6.20 Å². The number of nitrogens with one attached hydrogen (secondary N) is 4. The summed E-state index contributed by atoms with van der Waals surface area (Å²) in [5.41, 5.74) is 36.4. The molecule has 2 aromatic heterocycles. The minimum atomic E-state index is -1.09. The van der Waals surface area contributed by atoms with Crippen LogP contribution in [0.2, 0.25) is 0 Å². The topological polar surface area (TPSA) is 349 Å². The Kier molecular flexibility index (Phi) is 25.2. The Hall–Kier alpha value is -5.71. The van der Waals surface area contributed by atoms with E-state index in [0.29, 0.717) is 70.3 Å². The number of aromatic amines is 2. The van der Waals surface area contributed by atoms with Gasteiger partial charge in [0, 0.05) is 107 Å². The number of nitrogens with two attached hydrogens (primary N) is 6. The van der Waals surface area contributed by atoms with Gasteiger partial charge in [-0.05, 0) is 75.4 Å². The standard InChI is InChI=1S/C44H73N15O6S/c45-16-7-1-2-13-39(61)59(24-21-52-42(64)36(57(22-18-47)40(62)15-25-66)26-31-28-55-34-11-4-3-10-33(31)34)37(27-32-29-51-30-56-32)43(65)53-20-23-58(35(41(48)63)12-5-8-17-46)38(60)14-6-9-19-54-44(49)50/h3-4,10-11,28-30,35-37,55,66H,1-2,5-9,12-27,45-47H2,(H2,48,63)(H,51,56)(H,52,64)(H,53,65)(H4,49,50,54)/t35-,36-,37-/m0/s1. The fraction of sp³-hybridized carbons (Fsp3) is 0.591. The molecule has 0 aliphatic heterocycles. The van der Waals surface area contributed by atoms with Gasteiger partial charge in [0.05, 0.1) is 6.33 Å². The molecule has 1 aromatic carbocycles. The average molecular weight is 940 g/mol. The molecule has 0 aliphatic rings. The van der Waals surface area contributed by atoms with Crippen molar-refractivity contribution in [1.82, 2.24) is 40.3 Å². The summed E-state index contributed by atoms with van der Waals surface area (Å²) in [5.74, 6) is -2.37. The number of primary amides is 1. The number of aromatic nitrogens is 3. The van der Waals surface area contributed by atoms with Crippen LogP contribution in [0.5, 0.6) is 0 Å². The van der Waals surface area contributed by atoms with Gasteiger partial charge in [-0.1, -0.05) is 24.6 Å². The van der Waals surface area contributed by atoms with E-state index in [2.05, 4.69) is 43.2 Å². The fourth-order valence-electron chi connectivity index (χ4n) is 7.79. The minimum absolute atomic E-state index is 0.0431. The second kappa shape index (κ2) is 30.5. The number of H-pyrrole nitrogens is 2. The van der Waals surface area contributed by atoms with Crippen molar-refractivity contribution in [2.75, 3.05) is 64.7 Å². The predicted molar refractivity (Wildman–Crippen MR) is 258 cm³/mol. The van der Waals surface area contributed by atoms with E-state index in [1.807, 2.05) is 30.5 Å². The van der Waals surface area contributed by atoms with Crippen LogP contribution in [0.3, 0.4) is 0 Å². The molecule has 22 heteroatoms. The number of amides is 6. The molecule has 2 heterocycles. The number of rotatable bonds is 34. The number of guanidine groups is 1. The molecular weight excluding hydrogens is 867 g/mol. The summed E-state index contributed by atoms with van der Waals surface area (Å²) in [6.45, 7) is 1.21. The average Bonchev–Trinajstić information content (AvgIpc) is 3.97. The van der Waals surface area contributed by atoms with Crippen LogP contribution in [0.15, 0.2) is 48.0 Å². The van der Waals surface area contributed by atoms with Gasteiger partial charge in [0.15, 0.2) is 5.96 Å². The van der Waals surface area contributed by atoms with E-state index in [4.69, 9.17) is 34.4 Å². The van der Waals surface area contributed by atoms with Gasteiger partial charge in [-0.2, -0.15) is 12.6 Å². The van der Waals surface area contributed by atoms with Gasteiger partial charge in [0.25, 0.3) is 0 Å². The van der Waals surface area contributed by atoms with Crippen LogP contribution in [0.4, 0.5) is 0 Å². The SMILES string of the molecule is NCCCCCC(=O)N(CCNC(=O)[C@H](Cc1c[nH]c2ccccc12)N(CCN)C(=O)CCS)[C@@H](Cc1cnc[nH]1)C(=O)NCCN(C(=O)CCCCN=C(N)N)[C@@H](CCCCN)C(N)=O. The molecule has 0 unspecified atom stereocenters. The van der Waals surface area contributed by atoms with Crippen LogP contribution < -0.4 is 45.0 Å². The summed E-state index contributed by atoms with van der Waals surface area (Å²) in [5, 5.41) is 6.77. The molecule has 16 N–H and O–H groups in total. The van der Waals surface area contributed by atoms with Gasteiger partial charge in [0.2, 0.25) is 35.4 Å². The van der Waals surface area contributed by atoms with E-state index in [9.17, 15) is 28.8 Å². The number of benzene rings is 1. The third-order valence-corrected chi connectivity index (χ3v) is 11.4. The zero-order valence-corrected chi connectivity index (χ0v) is 39.0. The molecule has 0 saturated carbocycles. The van der Waals surface area contributed by atoms with E-state index in [1.165, 1.54) is 21.0 Å². The largest absolute Gasteiger partial charge is 0.370 e. The number of fused-ring (bicyclic) bond motifs is 1. The summed E-state index contributed by atoms with van der Waals surface area (Å²) >= 11 is 4.26. The summed E-state index contributed by atoms with van der Waals surface area (Å²) in [4.78, 5) is 101. The third kappa shape index (κ3) is 18.3. The highest BCUT2D eigenvalue weighted by Gasteiger charge is 2.34. The maximum atomic E-state index is 14.4. The predicted octanol–water partition coefficient (Wildman–Crippen LogP) is -0.644. The second-order valence-corrected chi connectivity index (χ2v) is 16.5. The number of carbonyl (C=O) groups is 6. The molecule has 0 spiro atoms. The van der Waals surface area contributed by atoms with Crippen LogP contribution in [0.25, 0.3) is 10.9 Å². The van der Waals surface area contributed by atoms with Crippen molar-refractivity contribution in [2.24, 2.45) is 39.4 Å². The highest BCUT2D eigenvalue weighted by atomic mass is 32.1. The lowest BCUT2D eigenvalue weighted by Crippen LogP contribution is -2.56. The molecule has 0 aliphatic carbocycles. The minimum Gasteiger partial charge on any atom is -0.370 e. The van der Waals surface area contributed by atoms with E-state index >= 15 is 0 Å².